The molecule has 116 valence electrons. The first-order valence-electron chi connectivity index (χ1n) is 7.84. The third-order valence-electron chi connectivity index (χ3n) is 4.94. The van der Waals surface area contributed by atoms with E-state index in [4.69, 9.17) is 0 Å². The van der Waals surface area contributed by atoms with Crippen molar-refractivity contribution >= 4 is 28.1 Å². The topological polar surface area (TPSA) is 61.0 Å². The second-order valence-electron chi connectivity index (χ2n) is 6.30. The molecule has 0 radical (unpaired) electrons. The third kappa shape index (κ3) is 2.02. The van der Waals surface area contributed by atoms with Gasteiger partial charge in [-0.1, -0.05) is 6.07 Å². The zero-order chi connectivity index (χ0) is 15.4. The van der Waals surface area contributed by atoms with Gasteiger partial charge in [0.05, 0.1) is 5.52 Å². The molecule has 1 amide bonds. The highest BCUT2D eigenvalue weighted by atomic mass is 32.1. The highest BCUT2D eigenvalue weighted by Gasteiger charge is 2.41. The van der Waals surface area contributed by atoms with E-state index in [1.165, 1.54) is 5.56 Å². The summed E-state index contributed by atoms with van der Waals surface area (Å²) in [5.74, 6) is 0.0488. The molecule has 3 aromatic rings. The molecule has 1 aromatic carbocycles. The van der Waals surface area contributed by atoms with Crippen molar-refractivity contribution in [3.8, 4) is 11.1 Å². The first-order valence-corrected chi connectivity index (χ1v) is 8.79. The van der Waals surface area contributed by atoms with Gasteiger partial charge in [-0.2, -0.15) is 16.4 Å². The van der Waals surface area contributed by atoms with Gasteiger partial charge in [-0.15, -0.1) is 0 Å². The predicted octanol–water partition coefficient (Wildman–Crippen LogP) is 2.48. The van der Waals surface area contributed by atoms with Crippen LogP contribution in [-0.4, -0.2) is 46.2 Å². The molecule has 2 aliphatic rings. The maximum atomic E-state index is 12.9. The number of piperazine rings is 1. The Balaban J connectivity index is 1.56. The summed E-state index contributed by atoms with van der Waals surface area (Å²) < 4.78 is 0. The number of nitrogens with zero attached hydrogens (tertiary/aromatic N) is 2. The normalized spacial score (nSPS) is 23.0. The maximum Gasteiger partial charge on any atom is 0.275 e. The first kappa shape index (κ1) is 13.3. The highest BCUT2D eigenvalue weighted by molar-refractivity contribution is 7.08. The van der Waals surface area contributed by atoms with Crippen molar-refractivity contribution < 1.29 is 4.79 Å². The zero-order valence-corrected chi connectivity index (χ0v) is 13.3. The summed E-state index contributed by atoms with van der Waals surface area (Å²) in [6, 6.07) is 9.01. The Kier molecular flexibility index (Phi) is 2.83. The van der Waals surface area contributed by atoms with Crippen LogP contribution in [0.5, 0.6) is 0 Å². The number of carbonyl (C=O) groups excluding carboxylic acids is 1. The van der Waals surface area contributed by atoms with Gasteiger partial charge >= 0.3 is 0 Å². The minimum absolute atomic E-state index is 0.0488. The Morgan fingerprint density at radius 2 is 2.26 bits per heavy atom. The monoisotopic (exact) mass is 324 g/mol. The lowest BCUT2D eigenvalue weighted by Crippen LogP contribution is -2.46. The SMILES string of the molecule is O=C(c1n[nH]c2ccc(-c3ccsc3)cc12)N1C[C@@H]2C[C@H]1CN2. The Hall–Kier alpha value is -2.18. The summed E-state index contributed by atoms with van der Waals surface area (Å²) in [4.78, 5) is 14.9. The number of H-pyrrole nitrogens is 1. The number of nitrogens with one attached hydrogen (secondary N) is 2. The van der Waals surface area contributed by atoms with Gasteiger partial charge in [-0.05, 0) is 46.5 Å². The molecule has 4 heterocycles. The standard InChI is InChI=1S/C17H16N4OS/c22-17(21-8-12-6-13(21)7-18-12)16-14-5-10(11-3-4-23-9-11)1-2-15(14)19-20-16/h1-5,9,12-13,18H,6-8H2,(H,19,20)/t12-,13-/m0/s1. The summed E-state index contributed by atoms with van der Waals surface area (Å²) in [6.45, 7) is 1.70. The molecule has 2 N–H and O–H groups in total. The third-order valence-corrected chi connectivity index (χ3v) is 5.62. The van der Waals surface area contributed by atoms with Gasteiger partial charge in [0.1, 0.15) is 0 Å². The quantitative estimate of drug-likeness (QED) is 0.761. The van der Waals surface area contributed by atoms with Crippen molar-refractivity contribution in [3.63, 3.8) is 0 Å². The molecule has 2 atom stereocenters. The molecule has 2 aliphatic heterocycles. The molecule has 2 aromatic heterocycles. The fourth-order valence-electron chi connectivity index (χ4n) is 3.73. The average molecular weight is 324 g/mol. The van der Waals surface area contributed by atoms with E-state index in [9.17, 15) is 4.79 Å². The molecule has 0 unspecified atom stereocenters. The van der Waals surface area contributed by atoms with E-state index in [0.717, 1.165) is 36.0 Å². The van der Waals surface area contributed by atoms with E-state index in [1.54, 1.807) is 11.3 Å². The summed E-state index contributed by atoms with van der Waals surface area (Å²) in [5.41, 5.74) is 3.76. The predicted molar refractivity (Wildman–Crippen MR) is 90.6 cm³/mol. The minimum atomic E-state index is 0.0488. The Labute approximate surface area is 137 Å². The fraction of sp³-hybridized carbons (Fsp3) is 0.294. The van der Waals surface area contributed by atoms with E-state index in [-0.39, 0.29) is 5.91 Å². The number of likely N-dealkylation sites (tertiary alicyclic amines) is 1. The molecule has 5 nitrogen and oxygen atoms in total. The number of aromatic amines is 1. The summed E-state index contributed by atoms with van der Waals surface area (Å²) in [5, 5.41) is 15.8. The van der Waals surface area contributed by atoms with E-state index in [0.29, 0.717) is 17.8 Å². The second kappa shape index (κ2) is 4.91. The number of rotatable bonds is 2. The van der Waals surface area contributed by atoms with Crippen LogP contribution in [0.1, 0.15) is 16.9 Å². The molecule has 2 saturated heterocycles. The molecule has 0 saturated carbocycles. The lowest BCUT2D eigenvalue weighted by atomic mass is 10.1. The number of carbonyl (C=O) groups is 1. The number of hydrogen-bond donors (Lipinski definition) is 2. The van der Waals surface area contributed by atoms with Crippen LogP contribution < -0.4 is 5.32 Å². The van der Waals surface area contributed by atoms with Gasteiger partial charge in [-0.25, -0.2) is 0 Å². The van der Waals surface area contributed by atoms with Crippen molar-refractivity contribution in [2.24, 2.45) is 0 Å². The van der Waals surface area contributed by atoms with Gasteiger partial charge in [0.25, 0.3) is 5.91 Å². The van der Waals surface area contributed by atoms with Crippen LogP contribution in [0.2, 0.25) is 0 Å². The summed E-state index contributed by atoms with van der Waals surface area (Å²) >= 11 is 1.68. The smallest absolute Gasteiger partial charge is 0.275 e. The Bertz CT molecular complexity index is 885. The van der Waals surface area contributed by atoms with Gasteiger partial charge in [0.15, 0.2) is 5.69 Å². The first-order chi connectivity index (χ1) is 11.3. The number of amides is 1. The molecule has 0 spiro atoms. The second-order valence-corrected chi connectivity index (χ2v) is 7.08. The molecule has 2 fully saturated rings. The molecular formula is C17H16N4OS. The molecule has 23 heavy (non-hydrogen) atoms. The van der Waals surface area contributed by atoms with Crippen molar-refractivity contribution in [2.75, 3.05) is 13.1 Å². The lowest BCUT2D eigenvalue weighted by molar-refractivity contribution is 0.0712. The summed E-state index contributed by atoms with van der Waals surface area (Å²) in [6.07, 6.45) is 1.06. The van der Waals surface area contributed by atoms with Gasteiger partial charge < -0.3 is 10.2 Å². The van der Waals surface area contributed by atoms with Crippen LogP contribution in [0.25, 0.3) is 22.0 Å². The van der Waals surface area contributed by atoms with E-state index in [2.05, 4.69) is 44.5 Å². The van der Waals surface area contributed by atoms with Gasteiger partial charge in [-0.3, -0.25) is 9.89 Å². The zero-order valence-electron chi connectivity index (χ0n) is 12.5. The fourth-order valence-corrected chi connectivity index (χ4v) is 4.40. The van der Waals surface area contributed by atoms with Crippen LogP contribution in [0.15, 0.2) is 35.0 Å². The van der Waals surface area contributed by atoms with Gasteiger partial charge in [0.2, 0.25) is 0 Å². The minimum Gasteiger partial charge on any atom is -0.331 e. The van der Waals surface area contributed by atoms with Crippen LogP contribution in [0.3, 0.4) is 0 Å². The van der Waals surface area contributed by atoms with Crippen molar-refractivity contribution in [1.82, 2.24) is 20.4 Å². The number of fused-ring (bicyclic) bond motifs is 3. The Morgan fingerprint density at radius 1 is 1.30 bits per heavy atom. The molecular weight excluding hydrogens is 308 g/mol. The number of benzene rings is 1. The summed E-state index contributed by atoms with van der Waals surface area (Å²) in [7, 11) is 0. The Morgan fingerprint density at radius 3 is 3.00 bits per heavy atom. The van der Waals surface area contributed by atoms with E-state index < -0.39 is 0 Å². The number of hydrogen-bond acceptors (Lipinski definition) is 4. The maximum absolute atomic E-state index is 12.9. The van der Waals surface area contributed by atoms with Crippen LogP contribution in [-0.2, 0) is 0 Å². The van der Waals surface area contributed by atoms with Crippen molar-refractivity contribution in [2.45, 2.75) is 18.5 Å². The van der Waals surface area contributed by atoms with Crippen LogP contribution >= 0.6 is 11.3 Å². The highest BCUT2D eigenvalue weighted by Crippen LogP contribution is 2.30. The molecule has 2 bridgehead atoms. The molecule has 0 aliphatic carbocycles. The van der Waals surface area contributed by atoms with Crippen molar-refractivity contribution in [3.05, 3.63) is 40.7 Å². The van der Waals surface area contributed by atoms with E-state index in [1.807, 2.05) is 11.0 Å². The number of thiophene rings is 1. The van der Waals surface area contributed by atoms with Crippen LogP contribution in [0.4, 0.5) is 0 Å². The van der Waals surface area contributed by atoms with Gasteiger partial charge in [0, 0.05) is 30.6 Å². The average Bonchev–Trinajstić information content (AvgIpc) is 3.36. The van der Waals surface area contributed by atoms with Crippen LogP contribution in [0, 0.1) is 0 Å². The van der Waals surface area contributed by atoms with Crippen molar-refractivity contribution in [1.29, 1.82) is 0 Å². The molecule has 6 heteroatoms. The largest absolute Gasteiger partial charge is 0.331 e. The molecule has 5 rings (SSSR count). The lowest BCUT2D eigenvalue weighted by Gasteiger charge is -2.26. The van der Waals surface area contributed by atoms with E-state index >= 15 is 0 Å². The number of aromatic nitrogens is 2.